The van der Waals surface area contributed by atoms with Crippen LogP contribution in [0.3, 0.4) is 0 Å². The Morgan fingerprint density at radius 2 is 2.14 bits per heavy atom. The molecule has 2 amide bonds. The van der Waals surface area contributed by atoms with Crippen molar-refractivity contribution in [1.29, 1.82) is 0 Å². The van der Waals surface area contributed by atoms with Crippen molar-refractivity contribution in [1.82, 2.24) is 15.3 Å². The van der Waals surface area contributed by atoms with E-state index in [9.17, 15) is 4.79 Å². The van der Waals surface area contributed by atoms with Crippen LogP contribution in [-0.2, 0) is 0 Å². The Labute approximate surface area is 127 Å². The number of hydrogen-bond donors (Lipinski definition) is 2. The van der Waals surface area contributed by atoms with Crippen LogP contribution in [0.2, 0.25) is 0 Å². The van der Waals surface area contributed by atoms with E-state index in [2.05, 4.69) is 20.6 Å². The highest BCUT2D eigenvalue weighted by molar-refractivity contribution is 7.11. The standard InChI is InChI=1S/C14H18N4O2S/c1-8-7-15-13(21-8)10(3)17-14(19)18-11-5-6-12(20-4)16-9(11)2/h5-7,10H,1-4H3,(H2,17,18,19)/t10-/m1/s1. The van der Waals surface area contributed by atoms with Crippen molar-refractivity contribution in [2.24, 2.45) is 0 Å². The molecule has 2 heterocycles. The first-order valence-corrected chi connectivity index (χ1v) is 7.32. The number of nitrogens with zero attached hydrogens (tertiary/aromatic N) is 2. The first kappa shape index (κ1) is 15.2. The molecule has 0 radical (unpaired) electrons. The molecule has 2 aromatic heterocycles. The average molecular weight is 306 g/mol. The van der Waals surface area contributed by atoms with Crippen LogP contribution in [0.5, 0.6) is 5.88 Å². The number of nitrogens with one attached hydrogen (secondary N) is 2. The number of hydrogen-bond acceptors (Lipinski definition) is 5. The third-order valence-electron chi connectivity index (χ3n) is 2.87. The third kappa shape index (κ3) is 3.91. The minimum atomic E-state index is -0.287. The number of thiazole rings is 1. The van der Waals surface area contributed by atoms with Gasteiger partial charge in [-0.05, 0) is 26.8 Å². The van der Waals surface area contributed by atoms with Crippen LogP contribution in [0, 0.1) is 13.8 Å². The summed E-state index contributed by atoms with van der Waals surface area (Å²) in [5, 5.41) is 6.51. The SMILES string of the molecule is COc1ccc(NC(=O)N[C@H](C)c2ncc(C)s2)c(C)n1. The van der Waals surface area contributed by atoms with Crippen molar-refractivity contribution in [2.45, 2.75) is 26.8 Å². The van der Waals surface area contributed by atoms with Gasteiger partial charge in [-0.25, -0.2) is 14.8 Å². The number of carbonyl (C=O) groups is 1. The molecule has 7 heteroatoms. The van der Waals surface area contributed by atoms with E-state index < -0.39 is 0 Å². The number of methoxy groups -OCH3 is 1. The Morgan fingerprint density at radius 3 is 2.71 bits per heavy atom. The molecule has 6 nitrogen and oxygen atoms in total. The molecule has 2 N–H and O–H groups in total. The van der Waals surface area contributed by atoms with Gasteiger partial charge in [0.1, 0.15) is 5.01 Å². The Hall–Kier alpha value is -2.15. The molecule has 0 aliphatic heterocycles. The molecule has 0 spiro atoms. The Bertz CT molecular complexity index is 642. The van der Waals surface area contributed by atoms with Crippen molar-refractivity contribution in [2.75, 3.05) is 12.4 Å². The molecule has 21 heavy (non-hydrogen) atoms. The fourth-order valence-corrected chi connectivity index (χ4v) is 2.55. The summed E-state index contributed by atoms with van der Waals surface area (Å²) >= 11 is 1.57. The fraction of sp³-hybridized carbons (Fsp3) is 0.357. The first-order chi connectivity index (χ1) is 9.99. The van der Waals surface area contributed by atoms with Gasteiger partial charge in [0.15, 0.2) is 0 Å². The maximum atomic E-state index is 12.0. The van der Waals surface area contributed by atoms with E-state index in [0.717, 1.165) is 9.88 Å². The van der Waals surface area contributed by atoms with Gasteiger partial charge in [0.2, 0.25) is 5.88 Å². The van der Waals surface area contributed by atoms with Gasteiger partial charge in [-0.1, -0.05) is 0 Å². The predicted octanol–water partition coefficient (Wildman–Crippen LogP) is 3.05. The Morgan fingerprint density at radius 1 is 1.38 bits per heavy atom. The van der Waals surface area contributed by atoms with Crippen molar-refractivity contribution < 1.29 is 9.53 Å². The van der Waals surface area contributed by atoms with Gasteiger partial charge in [-0.15, -0.1) is 11.3 Å². The van der Waals surface area contributed by atoms with Gasteiger partial charge in [0.25, 0.3) is 0 Å². The number of carbonyl (C=O) groups excluding carboxylic acids is 1. The minimum absolute atomic E-state index is 0.143. The second kappa shape index (κ2) is 6.53. The maximum Gasteiger partial charge on any atom is 0.319 e. The van der Waals surface area contributed by atoms with E-state index in [1.165, 1.54) is 0 Å². The van der Waals surface area contributed by atoms with Gasteiger partial charge in [-0.3, -0.25) is 0 Å². The highest BCUT2D eigenvalue weighted by Gasteiger charge is 2.13. The molecular formula is C14H18N4O2S. The van der Waals surface area contributed by atoms with Crippen LogP contribution in [0.15, 0.2) is 18.3 Å². The van der Waals surface area contributed by atoms with Crippen LogP contribution in [0.4, 0.5) is 10.5 Å². The highest BCUT2D eigenvalue weighted by Crippen LogP contribution is 2.20. The number of pyridine rings is 1. The van der Waals surface area contributed by atoms with Gasteiger partial charge in [0, 0.05) is 17.1 Å². The topological polar surface area (TPSA) is 76.1 Å². The van der Waals surface area contributed by atoms with E-state index in [0.29, 0.717) is 17.3 Å². The van der Waals surface area contributed by atoms with Gasteiger partial charge < -0.3 is 15.4 Å². The van der Waals surface area contributed by atoms with Crippen molar-refractivity contribution in [3.05, 3.63) is 33.9 Å². The van der Waals surface area contributed by atoms with Crippen molar-refractivity contribution >= 4 is 23.1 Å². The molecule has 2 rings (SSSR count). The summed E-state index contributed by atoms with van der Waals surface area (Å²) in [7, 11) is 1.55. The van der Waals surface area contributed by atoms with Crippen LogP contribution in [-0.4, -0.2) is 23.1 Å². The zero-order valence-corrected chi connectivity index (χ0v) is 13.2. The van der Waals surface area contributed by atoms with Crippen LogP contribution in [0.1, 0.15) is 28.5 Å². The smallest absolute Gasteiger partial charge is 0.319 e. The molecule has 2 aromatic rings. The lowest BCUT2D eigenvalue weighted by molar-refractivity contribution is 0.249. The van der Waals surface area contributed by atoms with Crippen molar-refractivity contribution in [3.8, 4) is 5.88 Å². The molecule has 0 unspecified atom stereocenters. The van der Waals surface area contributed by atoms with Crippen LogP contribution < -0.4 is 15.4 Å². The zero-order valence-electron chi connectivity index (χ0n) is 12.4. The predicted molar refractivity (Wildman–Crippen MR) is 82.9 cm³/mol. The van der Waals surface area contributed by atoms with Gasteiger partial charge in [-0.2, -0.15) is 0 Å². The molecule has 0 aliphatic carbocycles. The summed E-state index contributed by atoms with van der Waals surface area (Å²) in [5.41, 5.74) is 1.35. The average Bonchev–Trinajstić information content (AvgIpc) is 2.87. The monoisotopic (exact) mass is 306 g/mol. The first-order valence-electron chi connectivity index (χ1n) is 6.51. The fourth-order valence-electron chi connectivity index (χ4n) is 1.77. The lowest BCUT2D eigenvalue weighted by Crippen LogP contribution is -2.31. The summed E-state index contributed by atoms with van der Waals surface area (Å²) in [4.78, 5) is 21.6. The Balaban J connectivity index is 1.98. The number of aromatic nitrogens is 2. The van der Waals surface area contributed by atoms with E-state index >= 15 is 0 Å². The van der Waals surface area contributed by atoms with E-state index in [1.807, 2.05) is 20.8 Å². The lowest BCUT2D eigenvalue weighted by atomic mass is 10.3. The molecule has 0 fully saturated rings. The zero-order chi connectivity index (χ0) is 15.4. The van der Waals surface area contributed by atoms with Crippen LogP contribution >= 0.6 is 11.3 Å². The maximum absolute atomic E-state index is 12.0. The summed E-state index contributed by atoms with van der Waals surface area (Å²) in [6.45, 7) is 5.70. The quantitative estimate of drug-likeness (QED) is 0.910. The van der Waals surface area contributed by atoms with E-state index in [1.54, 1.807) is 36.8 Å². The third-order valence-corrected chi connectivity index (χ3v) is 3.97. The summed E-state index contributed by atoms with van der Waals surface area (Å²) < 4.78 is 5.03. The molecule has 0 saturated heterocycles. The largest absolute Gasteiger partial charge is 0.481 e. The van der Waals surface area contributed by atoms with E-state index in [4.69, 9.17) is 4.74 Å². The second-order valence-electron chi connectivity index (χ2n) is 4.62. The van der Waals surface area contributed by atoms with Crippen molar-refractivity contribution in [3.63, 3.8) is 0 Å². The van der Waals surface area contributed by atoms with E-state index in [-0.39, 0.29) is 12.1 Å². The molecule has 1 atom stereocenters. The number of ether oxygens (including phenoxy) is 1. The summed E-state index contributed by atoms with van der Waals surface area (Å²) in [6, 6.07) is 3.04. The summed E-state index contributed by atoms with van der Waals surface area (Å²) in [6.07, 6.45) is 1.80. The number of anilines is 1. The minimum Gasteiger partial charge on any atom is -0.481 e. The van der Waals surface area contributed by atoms with Gasteiger partial charge in [0.05, 0.1) is 24.5 Å². The second-order valence-corrected chi connectivity index (χ2v) is 5.88. The van der Waals surface area contributed by atoms with Crippen LogP contribution in [0.25, 0.3) is 0 Å². The molecule has 0 bridgehead atoms. The molecule has 0 saturated carbocycles. The Kier molecular flexibility index (Phi) is 4.74. The summed E-state index contributed by atoms with van der Waals surface area (Å²) in [5.74, 6) is 0.519. The number of amides is 2. The normalized spacial score (nSPS) is 11.8. The number of rotatable bonds is 4. The molecule has 0 aromatic carbocycles. The molecule has 112 valence electrons. The molecular weight excluding hydrogens is 288 g/mol. The lowest BCUT2D eigenvalue weighted by Gasteiger charge is -2.13. The highest BCUT2D eigenvalue weighted by atomic mass is 32.1. The number of aryl methyl sites for hydroxylation is 2. The van der Waals surface area contributed by atoms with Gasteiger partial charge >= 0.3 is 6.03 Å². The molecule has 0 aliphatic rings. The number of urea groups is 1.